The van der Waals surface area contributed by atoms with Crippen LogP contribution in [0.2, 0.25) is 5.15 Å². The number of hydrogen-bond acceptors (Lipinski definition) is 3. The van der Waals surface area contributed by atoms with Gasteiger partial charge in [-0.25, -0.2) is 4.98 Å². The molecule has 1 heterocycles. The Morgan fingerprint density at radius 2 is 2.21 bits per heavy atom. The number of nitrogens with zero attached hydrogens (tertiary/aromatic N) is 1. The summed E-state index contributed by atoms with van der Waals surface area (Å²) in [4.78, 5) is 16.2. The zero-order valence-corrected chi connectivity index (χ0v) is 13.3. The molecule has 0 aromatic carbocycles. The molecular formula is C14H21ClN2OS. The molecule has 0 spiro atoms. The van der Waals surface area contributed by atoms with Crippen LogP contribution in [0.3, 0.4) is 0 Å². The average molecular weight is 301 g/mol. The van der Waals surface area contributed by atoms with Gasteiger partial charge in [0.1, 0.15) is 5.15 Å². The van der Waals surface area contributed by atoms with Crippen LogP contribution in [0, 0.1) is 0 Å². The van der Waals surface area contributed by atoms with E-state index in [9.17, 15) is 4.79 Å². The van der Waals surface area contributed by atoms with Gasteiger partial charge >= 0.3 is 0 Å². The van der Waals surface area contributed by atoms with Crippen LogP contribution in [0.4, 0.5) is 0 Å². The third-order valence-corrected chi connectivity index (χ3v) is 3.80. The van der Waals surface area contributed by atoms with Crippen molar-refractivity contribution in [1.82, 2.24) is 10.3 Å². The van der Waals surface area contributed by atoms with Crippen LogP contribution in [0.15, 0.2) is 12.1 Å². The van der Waals surface area contributed by atoms with Gasteiger partial charge in [0, 0.05) is 17.8 Å². The molecule has 0 saturated heterocycles. The summed E-state index contributed by atoms with van der Waals surface area (Å²) in [5.41, 5.74) is 1.44. The van der Waals surface area contributed by atoms with Gasteiger partial charge in [-0.1, -0.05) is 32.4 Å². The molecule has 0 unspecified atom stereocenters. The molecule has 0 aliphatic carbocycles. The summed E-state index contributed by atoms with van der Waals surface area (Å²) in [7, 11) is 0. The van der Waals surface area contributed by atoms with E-state index < -0.39 is 0 Å². The molecule has 0 aliphatic heterocycles. The molecule has 0 bridgehead atoms. The van der Waals surface area contributed by atoms with E-state index >= 15 is 0 Å². The molecule has 19 heavy (non-hydrogen) atoms. The first kappa shape index (κ1) is 16.3. The van der Waals surface area contributed by atoms with Crippen LogP contribution in [0.1, 0.15) is 49.2 Å². The number of thioether (sulfide) groups is 1. The first-order valence-electron chi connectivity index (χ1n) is 6.58. The maximum absolute atomic E-state index is 12.0. The van der Waals surface area contributed by atoms with E-state index in [1.165, 1.54) is 0 Å². The van der Waals surface area contributed by atoms with Crippen molar-refractivity contribution in [2.24, 2.45) is 0 Å². The Morgan fingerprint density at radius 1 is 1.47 bits per heavy atom. The molecule has 0 saturated carbocycles. The number of carbonyl (C=O) groups excluding carboxylic acids is 1. The predicted molar refractivity (Wildman–Crippen MR) is 83.3 cm³/mol. The number of hydrogen-bond donors (Lipinski definition) is 1. The molecule has 1 amide bonds. The maximum atomic E-state index is 12.0. The monoisotopic (exact) mass is 300 g/mol. The van der Waals surface area contributed by atoms with Crippen LogP contribution < -0.4 is 5.32 Å². The normalized spacial score (nSPS) is 10.8. The van der Waals surface area contributed by atoms with Gasteiger partial charge in [-0.3, -0.25) is 4.79 Å². The van der Waals surface area contributed by atoms with E-state index in [4.69, 9.17) is 11.6 Å². The first-order valence-corrected chi connectivity index (χ1v) is 8.11. The molecule has 1 aromatic heterocycles. The second-order valence-electron chi connectivity index (χ2n) is 4.56. The van der Waals surface area contributed by atoms with Crippen molar-refractivity contribution in [2.75, 3.05) is 18.1 Å². The lowest BCUT2D eigenvalue weighted by molar-refractivity contribution is 0.0953. The van der Waals surface area contributed by atoms with Crippen LogP contribution in [-0.4, -0.2) is 28.9 Å². The van der Waals surface area contributed by atoms with Gasteiger partial charge in [0.25, 0.3) is 5.91 Å². The number of rotatable bonds is 7. The smallest absolute Gasteiger partial charge is 0.251 e. The van der Waals surface area contributed by atoms with Crippen molar-refractivity contribution in [3.63, 3.8) is 0 Å². The van der Waals surface area contributed by atoms with E-state index in [1.807, 2.05) is 31.7 Å². The summed E-state index contributed by atoms with van der Waals surface area (Å²) >= 11 is 7.83. The summed E-state index contributed by atoms with van der Waals surface area (Å²) in [6.45, 7) is 6.89. The van der Waals surface area contributed by atoms with E-state index in [1.54, 1.807) is 6.07 Å². The van der Waals surface area contributed by atoms with Crippen molar-refractivity contribution < 1.29 is 4.79 Å². The fourth-order valence-corrected chi connectivity index (χ4v) is 2.42. The first-order chi connectivity index (χ1) is 9.04. The highest BCUT2D eigenvalue weighted by Gasteiger charge is 2.10. The van der Waals surface area contributed by atoms with Gasteiger partial charge in [-0.15, -0.1) is 0 Å². The van der Waals surface area contributed by atoms with Crippen LogP contribution in [0.5, 0.6) is 0 Å². The Hall–Kier alpha value is -0.740. The Kier molecular flexibility index (Phi) is 7.24. The zero-order valence-electron chi connectivity index (χ0n) is 11.7. The quantitative estimate of drug-likeness (QED) is 0.616. The van der Waals surface area contributed by atoms with Crippen molar-refractivity contribution >= 4 is 29.3 Å². The minimum atomic E-state index is -0.0762. The lowest BCUT2D eigenvalue weighted by atomic mass is 10.1. The molecule has 0 aliphatic rings. The van der Waals surface area contributed by atoms with Crippen LogP contribution in [-0.2, 0) is 0 Å². The second-order valence-corrected chi connectivity index (χ2v) is 6.35. The molecule has 1 aromatic rings. The van der Waals surface area contributed by atoms with Gasteiger partial charge in [-0.2, -0.15) is 11.8 Å². The van der Waals surface area contributed by atoms with E-state index in [-0.39, 0.29) is 11.8 Å². The number of aromatic nitrogens is 1. The number of pyridine rings is 1. The Labute approximate surface area is 124 Å². The topological polar surface area (TPSA) is 42.0 Å². The van der Waals surface area contributed by atoms with Gasteiger partial charge in [0.2, 0.25) is 0 Å². The minimum absolute atomic E-state index is 0.0762. The van der Waals surface area contributed by atoms with Crippen molar-refractivity contribution in [2.45, 2.75) is 33.1 Å². The van der Waals surface area contributed by atoms with Crippen molar-refractivity contribution in [1.29, 1.82) is 0 Å². The number of nitrogens with one attached hydrogen (secondary N) is 1. The third kappa shape index (κ3) is 5.83. The minimum Gasteiger partial charge on any atom is -0.352 e. The Balaban J connectivity index is 2.56. The fourth-order valence-electron chi connectivity index (χ4n) is 1.57. The van der Waals surface area contributed by atoms with Crippen molar-refractivity contribution in [3.05, 3.63) is 28.5 Å². The van der Waals surface area contributed by atoms with Gasteiger partial charge in [0.05, 0.1) is 0 Å². The zero-order chi connectivity index (χ0) is 14.3. The molecule has 5 heteroatoms. The summed E-state index contributed by atoms with van der Waals surface area (Å²) in [6, 6.07) is 3.43. The molecule has 1 rings (SSSR count). The third-order valence-electron chi connectivity index (χ3n) is 2.62. The Bertz CT molecular complexity index is 424. The molecule has 3 nitrogen and oxygen atoms in total. The summed E-state index contributed by atoms with van der Waals surface area (Å²) in [6.07, 6.45) is 0.986. The van der Waals surface area contributed by atoms with Crippen LogP contribution in [0.25, 0.3) is 0 Å². The standard InChI is InChI=1S/C14H21ClN2OS/c1-4-19-7-5-6-16-14(18)11-8-12(10(2)3)17-13(15)9-11/h8-10H,4-7H2,1-3H3,(H,16,18). The lowest BCUT2D eigenvalue weighted by Gasteiger charge is -2.09. The van der Waals surface area contributed by atoms with Gasteiger partial charge in [-0.05, 0) is 36.0 Å². The predicted octanol–water partition coefficient (Wildman–Crippen LogP) is 3.73. The van der Waals surface area contributed by atoms with Gasteiger partial charge < -0.3 is 5.32 Å². The molecule has 0 fully saturated rings. The molecular weight excluding hydrogens is 280 g/mol. The molecule has 106 valence electrons. The highest BCUT2D eigenvalue weighted by molar-refractivity contribution is 7.99. The van der Waals surface area contributed by atoms with Gasteiger partial charge in [0.15, 0.2) is 0 Å². The van der Waals surface area contributed by atoms with Crippen molar-refractivity contribution in [3.8, 4) is 0 Å². The van der Waals surface area contributed by atoms with E-state index in [0.717, 1.165) is 23.6 Å². The largest absolute Gasteiger partial charge is 0.352 e. The summed E-state index contributed by atoms with van der Waals surface area (Å²) in [5.74, 6) is 2.37. The highest BCUT2D eigenvalue weighted by atomic mass is 35.5. The number of halogens is 1. The average Bonchev–Trinajstić information content (AvgIpc) is 2.37. The molecule has 1 N–H and O–H groups in total. The molecule has 0 radical (unpaired) electrons. The maximum Gasteiger partial charge on any atom is 0.251 e. The highest BCUT2D eigenvalue weighted by Crippen LogP contribution is 2.17. The Morgan fingerprint density at radius 3 is 2.84 bits per heavy atom. The molecule has 0 atom stereocenters. The van der Waals surface area contributed by atoms with E-state index in [2.05, 4.69) is 17.2 Å². The summed E-state index contributed by atoms with van der Waals surface area (Å²) < 4.78 is 0. The SMILES string of the molecule is CCSCCCNC(=O)c1cc(Cl)nc(C(C)C)c1. The number of amides is 1. The summed E-state index contributed by atoms with van der Waals surface area (Å²) in [5, 5.41) is 3.29. The lowest BCUT2D eigenvalue weighted by Crippen LogP contribution is -2.25. The number of carbonyl (C=O) groups is 1. The van der Waals surface area contributed by atoms with Crippen LogP contribution >= 0.6 is 23.4 Å². The van der Waals surface area contributed by atoms with E-state index in [0.29, 0.717) is 17.3 Å². The second kappa shape index (κ2) is 8.43. The fraction of sp³-hybridized carbons (Fsp3) is 0.571.